The number of aliphatic imine (C=N–C) groups is 1. The molecule has 4 unspecified atom stereocenters. The number of hydrogen-bond donors (Lipinski definition) is 8. The van der Waals surface area contributed by atoms with Gasteiger partial charge in [0, 0.05) is 31.3 Å². The quantitative estimate of drug-likeness (QED) is 0.0590. The van der Waals surface area contributed by atoms with Crippen LogP contribution in [0.3, 0.4) is 0 Å². The van der Waals surface area contributed by atoms with Crippen molar-refractivity contribution in [2.75, 3.05) is 18.6 Å². The molecule has 14 nitrogen and oxygen atoms in total. The maximum absolute atomic E-state index is 13.4. The van der Waals surface area contributed by atoms with Crippen LogP contribution in [0.5, 0.6) is 0 Å². The number of aromatic amines is 1. The number of carbonyl (C=O) groups excluding carboxylic acids is 3. The molecular formula is C26H39N9O5S. The molecule has 15 heteroatoms. The highest BCUT2D eigenvalue weighted by Crippen LogP contribution is 2.08. The Morgan fingerprint density at radius 3 is 2.24 bits per heavy atom. The number of carboxylic acids is 1. The molecule has 1 aromatic heterocycles. The van der Waals surface area contributed by atoms with E-state index in [9.17, 15) is 24.3 Å². The average Bonchev–Trinajstić information content (AvgIpc) is 3.45. The molecule has 2 rings (SSSR count). The summed E-state index contributed by atoms with van der Waals surface area (Å²) in [4.78, 5) is 62.0. The number of nitrogens with two attached hydrogens (primary N) is 3. The minimum Gasteiger partial charge on any atom is -0.480 e. The molecule has 3 amide bonds. The van der Waals surface area contributed by atoms with Crippen molar-refractivity contribution in [3.8, 4) is 0 Å². The number of rotatable bonds is 18. The number of guanidine groups is 1. The smallest absolute Gasteiger partial charge is 0.326 e. The van der Waals surface area contributed by atoms with Crippen LogP contribution in [0, 0.1) is 0 Å². The van der Waals surface area contributed by atoms with Gasteiger partial charge in [0.1, 0.15) is 18.1 Å². The van der Waals surface area contributed by atoms with Crippen LogP contribution in [-0.4, -0.2) is 87.4 Å². The second-order valence-corrected chi connectivity index (χ2v) is 10.3. The lowest BCUT2D eigenvalue weighted by Crippen LogP contribution is -2.58. The number of amides is 3. The highest BCUT2D eigenvalue weighted by Gasteiger charge is 2.30. The highest BCUT2D eigenvalue weighted by atomic mass is 32.2. The molecular weight excluding hydrogens is 550 g/mol. The van der Waals surface area contributed by atoms with Crippen molar-refractivity contribution in [1.82, 2.24) is 25.9 Å². The fraction of sp³-hybridized carbons (Fsp3) is 0.462. The Morgan fingerprint density at radius 1 is 0.976 bits per heavy atom. The summed E-state index contributed by atoms with van der Waals surface area (Å²) in [6, 6.07) is 4.65. The average molecular weight is 590 g/mol. The van der Waals surface area contributed by atoms with Crippen LogP contribution in [0.1, 0.15) is 30.5 Å². The van der Waals surface area contributed by atoms with Gasteiger partial charge in [0.25, 0.3) is 0 Å². The topological polar surface area (TPSA) is 244 Å². The first-order chi connectivity index (χ1) is 19.6. The lowest BCUT2D eigenvalue weighted by molar-refractivity contribution is -0.142. The van der Waals surface area contributed by atoms with E-state index in [-0.39, 0.29) is 31.6 Å². The van der Waals surface area contributed by atoms with Gasteiger partial charge in [-0.15, -0.1) is 0 Å². The van der Waals surface area contributed by atoms with Gasteiger partial charge in [0.05, 0.1) is 12.4 Å². The van der Waals surface area contributed by atoms with Gasteiger partial charge in [-0.25, -0.2) is 9.78 Å². The van der Waals surface area contributed by atoms with Crippen molar-refractivity contribution in [3.63, 3.8) is 0 Å². The van der Waals surface area contributed by atoms with Gasteiger partial charge in [-0.1, -0.05) is 30.3 Å². The number of hydrogen-bond acceptors (Lipinski definition) is 8. The van der Waals surface area contributed by atoms with Gasteiger partial charge in [-0.05, 0) is 36.8 Å². The Kier molecular flexibility index (Phi) is 14.2. The monoisotopic (exact) mass is 589 g/mol. The van der Waals surface area contributed by atoms with Crippen molar-refractivity contribution in [3.05, 3.63) is 54.1 Å². The van der Waals surface area contributed by atoms with Gasteiger partial charge in [0.15, 0.2) is 5.96 Å². The highest BCUT2D eigenvalue weighted by molar-refractivity contribution is 7.98. The maximum Gasteiger partial charge on any atom is 0.326 e. The Labute approximate surface area is 242 Å². The number of thioether (sulfide) groups is 1. The number of nitrogens with zero attached hydrogens (tertiary/aromatic N) is 2. The lowest BCUT2D eigenvalue weighted by atomic mass is 10.0. The van der Waals surface area contributed by atoms with Crippen molar-refractivity contribution in [1.29, 1.82) is 0 Å². The van der Waals surface area contributed by atoms with Gasteiger partial charge in [-0.2, -0.15) is 11.8 Å². The molecule has 0 saturated heterocycles. The number of H-pyrrole nitrogens is 1. The van der Waals surface area contributed by atoms with E-state index in [1.165, 1.54) is 24.3 Å². The molecule has 1 heterocycles. The van der Waals surface area contributed by atoms with E-state index < -0.39 is 47.9 Å². The zero-order valence-corrected chi connectivity index (χ0v) is 23.7. The van der Waals surface area contributed by atoms with Crippen LogP contribution >= 0.6 is 11.8 Å². The standard InChI is InChI=1S/C26H39N9O5S/c1-41-11-9-19(23(37)35-21(25(39)40)12-16-6-3-2-4-7-16)33-24(38)20(13-17-14-30-15-32-17)34-22(36)18(27)8-5-10-31-26(28)29/h2-4,6-7,14-15,18-21H,5,8-13,27H2,1H3,(H,30,32)(H,33,38)(H,34,36)(H,35,37)(H,39,40)(H4,28,29,31). The molecule has 224 valence electrons. The first kappa shape index (κ1) is 33.1. The maximum atomic E-state index is 13.4. The Hall–Kier alpha value is -4.11. The minimum atomic E-state index is -1.20. The van der Waals surface area contributed by atoms with E-state index in [1.807, 2.05) is 12.3 Å². The summed E-state index contributed by atoms with van der Waals surface area (Å²) >= 11 is 1.47. The molecule has 4 atom stereocenters. The number of carboxylic acid groups (broad SMARTS) is 1. The zero-order valence-electron chi connectivity index (χ0n) is 22.9. The van der Waals surface area contributed by atoms with Crippen LogP contribution in [-0.2, 0) is 32.0 Å². The second kappa shape index (κ2) is 17.6. The largest absolute Gasteiger partial charge is 0.480 e. The van der Waals surface area contributed by atoms with Crippen molar-refractivity contribution in [2.45, 2.75) is 56.3 Å². The molecule has 0 fully saturated rings. The molecule has 11 N–H and O–H groups in total. The summed E-state index contributed by atoms with van der Waals surface area (Å²) < 4.78 is 0. The second-order valence-electron chi connectivity index (χ2n) is 9.33. The van der Waals surface area contributed by atoms with Crippen molar-refractivity contribution in [2.24, 2.45) is 22.2 Å². The van der Waals surface area contributed by atoms with E-state index in [4.69, 9.17) is 17.2 Å². The van der Waals surface area contributed by atoms with Crippen LogP contribution in [0.4, 0.5) is 0 Å². The van der Waals surface area contributed by atoms with E-state index >= 15 is 0 Å². The summed E-state index contributed by atoms with van der Waals surface area (Å²) in [6.45, 7) is 0.301. The molecule has 0 bridgehead atoms. The Morgan fingerprint density at radius 2 is 1.63 bits per heavy atom. The van der Waals surface area contributed by atoms with Gasteiger partial charge < -0.3 is 43.2 Å². The fourth-order valence-electron chi connectivity index (χ4n) is 3.85. The molecule has 0 radical (unpaired) electrons. The number of imidazole rings is 1. The SMILES string of the molecule is CSCCC(NC(=O)C(Cc1cnc[nH]1)NC(=O)C(N)CCCN=C(N)N)C(=O)NC(Cc1ccccc1)C(=O)O. The normalized spacial score (nSPS) is 13.7. The molecule has 41 heavy (non-hydrogen) atoms. The first-order valence-electron chi connectivity index (χ1n) is 13.1. The third-order valence-corrected chi connectivity index (χ3v) is 6.70. The third-order valence-electron chi connectivity index (χ3n) is 6.06. The number of carbonyl (C=O) groups is 4. The summed E-state index contributed by atoms with van der Waals surface area (Å²) in [5.74, 6) is -2.57. The van der Waals surface area contributed by atoms with Gasteiger partial charge in [0.2, 0.25) is 17.7 Å². The molecule has 0 aliphatic carbocycles. The molecule has 0 aliphatic heterocycles. The Balaban J connectivity index is 2.13. The summed E-state index contributed by atoms with van der Waals surface area (Å²) in [5.41, 5.74) is 17.9. The van der Waals surface area contributed by atoms with Crippen LogP contribution < -0.4 is 33.2 Å². The molecule has 0 saturated carbocycles. The number of aliphatic carboxylic acids is 1. The first-order valence-corrected chi connectivity index (χ1v) is 14.4. The summed E-state index contributed by atoms with van der Waals surface area (Å²) in [7, 11) is 0. The fourth-order valence-corrected chi connectivity index (χ4v) is 4.33. The zero-order chi connectivity index (χ0) is 30.2. The van der Waals surface area contributed by atoms with Crippen LogP contribution in [0.2, 0.25) is 0 Å². The van der Waals surface area contributed by atoms with Crippen LogP contribution in [0.15, 0.2) is 47.8 Å². The molecule has 2 aromatic rings. The molecule has 0 spiro atoms. The Bertz CT molecular complexity index is 1140. The number of benzene rings is 1. The van der Waals surface area contributed by atoms with E-state index in [0.29, 0.717) is 24.4 Å². The summed E-state index contributed by atoms with van der Waals surface area (Å²) in [5, 5.41) is 17.6. The van der Waals surface area contributed by atoms with E-state index in [1.54, 1.807) is 24.3 Å². The third kappa shape index (κ3) is 12.3. The van der Waals surface area contributed by atoms with Crippen LogP contribution in [0.25, 0.3) is 0 Å². The van der Waals surface area contributed by atoms with Crippen molar-refractivity contribution < 1.29 is 24.3 Å². The minimum absolute atomic E-state index is 0.0565. The van der Waals surface area contributed by atoms with Gasteiger partial charge in [-0.3, -0.25) is 19.4 Å². The van der Waals surface area contributed by atoms with E-state index in [2.05, 4.69) is 30.9 Å². The van der Waals surface area contributed by atoms with Gasteiger partial charge >= 0.3 is 5.97 Å². The number of aromatic nitrogens is 2. The number of nitrogens with one attached hydrogen (secondary N) is 4. The van der Waals surface area contributed by atoms with E-state index in [0.717, 1.165) is 5.56 Å². The molecule has 0 aliphatic rings. The summed E-state index contributed by atoms with van der Waals surface area (Å²) in [6.07, 6.45) is 5.90. The predicted octanol–water partition coefficient (Wildman–Crippen LogP) is -1.13. The predicted molar refractivity (Wildman–Crippen MR) is 157 cm³/mol. The molecule has 1 aromatic carbocycles. The van der Waals surface area contributed by atoms with Crippen molar-refractivity contribution >= 4 is 41.4 Å². The lowest BCUT2D eigenvalue weighted by Gasteiger charge is -2.25.